The summed E-state index contributed by atoms with van der Waals surface area (Å²) in [5, 5.41) is 24.3. The zero-order valence-corrected chi connectivity index (χ0v) is 16.9. The molecule has 29 heavy (non-hydrogen) atoms. The normalized spacial score (nSPS) is 11.6. The van der Waals surface area contributed by atoms with Crippen LogP contribution in [0.5, 0.6) is 0 Å². The summed E-state index contributed by atoms with van der Waals surface area (Å²) in [6, 6.07) is 17.9. The molecule has 0 saturated heterocycles. The van der Waals surface area contributed by atoms with Gasteiger partial charge in [0.2, 0.25) is 5.84 Å². The van der Waals surface area contributed by atoms with Crippen molar-refractivity contribution in [3.8, 4) is 0 Å². The van der Waals surface area contributed by atoms with Gasteiger partial charge in [-0.05, 0) is 24.3 Å². The summed E-state index contributed by atoms with van der Waals surface area (Å²) < 4.78 is 0. The van der Waals surface area contributed by atoms with Crippen LogP contribution in [0.1, 0.15) is 5.56 Å². The SMILES string of the molecule is O=[N+]([O-])c1ccc(/N=N/C(=N/Nc2cc(Cl)c(Cl)cc2Cl)c2ccccc2)cc1. The molecule has 146 valence electrons. The number of anilines is 1. The number of benzene rings is 3. The fourth-order valence-electron chi connectivity index (χ4n) is 2.20. The van der Waals surface area contributed by atoms with Crippen molar-refractivity contribution in [3.05, 3.63) is 97.5 Å². The topological polar surface area (TPSA) is 92.2 Å². The van der Waals surface area contributed by atoms with Crippen molar-refractivity contribution < 1.29 is 4.92 Å². The molecule has 0 heterocycles. The lowest BCUT2D eigenvalue weighted by Crippen LogP contribution is -2.01. The number of hydrazone groups is 1. The molecular weight excluding hydrogens is 437 g/mol. The van der Waals surface area contributed by atoms with Gasteiger partial charge in [-0.25, -0.2) is 0 Å². The lowest BCUT2D eigenvalue weighted by molar-refractivity contribution is -0.384. The number of nitrogens with zero attached hydrogens (tertiary/aromatic N) is 4. The van der Waals surface area contributed by atoms with Crippen molar-refractivity contribution in [1.82, 2.24) is 0 Å². The van der Waals surface area contributed by atoms with E-state index in [9.17, 15) is 10.1 Å². The average molecular weight is 449 g/mol. The zero-order chi connectivity index (χ0) is 20.8. The smallest absolute Gasteiger partial charge is 0.269 e. The van der Waals surface area contributed by atoms with Gasteiger partial charge in [-0.15, -0.1) is 10.2 Å². The first-order valence-electron chi connectivity index (χ1n) is 8.14. The van der Waals surface area contributed by atoms with Crippen LogP contribution in [0, 0.1) is 10.1 Å². The molecular formula is C19H12Cl3N5O2. The minimum absolute atomic E-state index is 0.0307. The number of hydrogen-bond acceptors (Lipinski definition) is 5. The van der Waals surface area contributed by atoms with Crippen LogP contribution in [0.4, 0.5) is 17.1 Å². The van der Waals surface area contributed by atoms with E-state index in [0.29, 0.717) is 32.0 Å². The Kier molecular flexibility index (Phi) is 6.77. The van der Waals surface area contributed by atoms with Gasteiger partial charge < -0.3 is 0 Å². The van der Waals surface area contributed by atoms with E-state index in [1.165, 1.54) is 30.3 Å². The van der Waals surface area contributed by atoms with Gasteiger partial charge in [-0.1, -0.05) is 65.1 Å². The number of nitro groups is 1. The quantitative estimate of drug-likeness (QED) is 0.112. The first kappa shape index (κ1) is 20.7. The molecule has 0 amide bonds. The van der Waals surface area contributed by atoms with E-state index in [-0.39, 0.29) is 11.5 Å². The van der Waals surface area contributed by atoms with Gasteiger partial charge in [0.15, 0.2) is 0 Å². The molecule has 0 aliphatic heterocycles. The summed E-state index contributed by atoms with van der Waals surface area (Å²) in [6.45, 7) is 0. The fraction of sp³-hybridized carbons (Fsp3) is 0. The Balaban J connectivity index is 1.90. The van der Waals surface area contributed by atoms with Gasteiger partial charge in [0.05, 0.1) is 31.4 Å². The number of halogens is 3. The lowest BCUT2D eigenvalue weighted by atomic mass is 10.2. The van der Waals surface area contributed by atoms with E-state index in [1.807, 2.05) is 30.3 Å². The standard InChI is InChI=1S/C19H12Cl3N5O2/c20-15-10-17(22)18(11-16(15)21)24-26-19(12-4-2-1-3-5-12)25-23-13-6-8-14(9-7-13)27(28)29/h1-11,24H/b25-23+,26-19+. The minimum atomic E-state index is -0.483. The predicted octanol–water partition coefficient (Wildman–Crippen LogP) is 7.11. The highest BCUT2D eigenvalue weighted by molar-refractivity contribution is 6.44. The van der Waals surface area contributed by atoms with E-state index < -0.39 is 4.92 Å². The van der Waals surface area contributed by atoms with Crippen LogP contribution in [0.3, 0.4) is 0 Å². The van der Waals surface area contributed by atoms with Crippen molar-refractivity contribution >= 4 is 57.7 Å². The van der Waals surface area contributed by atoms with E-state index in [0.717, 1.165) is 0 Å². The average Bonchev–Trinajstić information content (AvgIpc) is 2.72. The maximum absolute atomic E-state index is 10.8. The molecule has 3 aromatic rings. The maximum atomic E-state index is 10.8. The van der Waals surface area contributed by atoms with Gasteiger partial charge in [-0.2, -0.15) is 5.10 Å². The summed E-state index contributed by atoms with van der Waals surface area (Å²) in [4.78, 5) is 10.3. The van der Waals surface area contributed by atoms with Gasteiger partial charge in [0.1, 0.15) is 0 Å². The molecule has 0 unspecified atom stereocenters. The third-order valence-electron chi connectivity index (χ3n) is 3.64. The van der Waals surface area contributed by atoms with Gasteiger partial charge >= 0.3 is 0 Å². The number of nitrogens with one attached hydrogen (secondary N) is 1. The molecule has 7 nitrogen and oxygen atoms in total. The Bertz CT molecular complexity index is 1090. The van der Waals surface area contributed by atoms with Crippen molar-refractivity contribution in [2.75, 3.05) is 5.43 Å². The summed E-state index contributed by atoms with van der Waals surface area (Å²) in [6.07, 6.45) is 0. The number of hydrogen-bond donors (Lipinski definition) is 1. The second kappa shape index (κ2) is 9.47. The van der Waals surface area contributed by atoms with E-state index in [2.05, 4.69) is 20.8 Å². The molecule has 3 rings (SSSR count). The molecule has 10 heteroatoms. The van der Waals surface area contributed by atoms with Gasteiger partial charge in [0, 0.05) is 17.7 Å². The molecule has 0 aliphatic carbocycles. The van der Waals surface area contributed by atoms with Crippen molar-refractivity contribution in [1.29, 1.82) is 0 Å². The van der Waals surface area contributed by atoms with Crippen molar-refractivity contribution in [2.45, 2.75) is 0 Å². The summed E-state index contributed by atoms with van der Waals surface area (Å²) >= 11 is 18.1. The molecule has 0 bridgehead atoms. The monoisotopic (exact) mass is 447 g/mol. The van der Waals surface area contributed by atoms with Crippen LogP contribution in [-0.4, -0.2) is 10.8 Å². The van der Waals surface area contributed by atoms with E-state index >= 15 is 0 Å². The maximum Gasteiger partial charge on any atom is 0.269 e. The second-order valence-corrected chi connectivity index (χ2v) is 6.85. The first-order valence-corrected chi connectivity index (χ1v) is 9.27. The molecule has 0 aliphatic rings. The zero-order valence-electron chi connectivity index (χ0n) is 14.6. The highest BCUT2D eigenvalue weighted by Crippen LogP contribution is 2.32. The highest BCUT2D eigenvalue weighted by atomic mass is 35.5. The lowest BCUT2D eigenvalue weighted by Gasteiger charge is -2.07. The molecule has 0 atom stereocenters. The predicted molar refractivity (Wildman–Crippen MR) is 116 cm³/mol. The largest absolute Gasteiger partial charge is 0.275 e. The molecule has 1 N–H and O–H groups in total. The molecule has 0 spiro atoms. The molecule has 0 radical (unpaired) electrons. The Hall–Kier alpha value is -3.00. The number of rotatable bonds is 5. The minimum Gasteiger partial charge on any atom is -0.275 e. The third kappa shape index (κ3) is 5.51. The molecule has 0 fully saturated rings. The number of nitro benzene ring substituents is 1. The van der Waals surface area contributed by atoms with Gasteiger partial charge in [0.25, 0.3) is 5.69 Å². The number of amidine groups is 1. The molecule has 3 aromatic carbocycles. The Morgan fingerprint density at radius 3 is 2.21 bits per heavy atom. The first-order chi connectivity index (χ1) is 13.9. The van der Waals surface area contributed by atoms with Crippen LogP contribution >= 0.6 is 34.8 Å². The summed E-state index contributed by atoms with van der Waals surface area (Å²) in [7, 11) is 0. The second-order valence-electron chi connectivity index (χ2n) is 5.63. The van der Waals surface area contributed by atoms with Crippen molar-refractivity contribution in [2.24, 2.45) is 15.3 Å². The Labute approximate surface area is 180 Å². The molecule has 0 saturated carbocycles. The van der Waals surface area contributed by atoms with E-state index in [1.54, 1.807) is 6.07 Å². The van der Waals surface area contributed by atoms with Crippen LogP contribution in [0.25, 0.3) is 0 Å². The number of non-ortho nitro benzene ring substituents is 1. The van der Waals surface area contributed by atoms with E-state index in [4.69, 9.17) is 34.8 Å². The fourth-order valence-corrected chi connectivity index (χ4v) is 2.79. The summed E-state index contributed by atoms with van der Waals surface area (Å²) in [5.74, 6) is 0.270. The highest BCUT2D eigenvalue weighted by Gasteiger charge is 2.08. The molecule has 0 aromatic heterocycles. The Morgan fingerprint density at radius 2 is 1.55 bits per heavy atom. The van der Waals surface area contributed by atoms with Crippen LogP contribution < -0.4 is 5.43 Å². The Morgan fingerprint density at radius 1 is 0.897 bits per heavy atom. The summed E-state index contributed by atoms with van der Waals surface area (Å²) in [5.41, 5.74) is 4.36. The van der Waals surface area contributed by atoms with Crippen LogP contribution in [0.2, 0.25) is 15.1 Å². The van der Waals surface area contributed by atoms with Gasteiger partial charge in [-0.3, -0.25) is 15.5 Å². The van der Waals surface area contributed by atoms with Crippen LogP contribution in [0.15, 0.2) is 82.1 Å². The number of azo groups is 1. The third-order valence-corrected chi connectivity index (χ3v) is 4.68. The van der Waals surface area contributed by atoms with Crippen molar-refractivity contribution in [3.63, 3.8) is 0 Å². The van der Waals surface area contributed by atoms with Crippen LogP contribution in [-0.2, 0) is 0 Å².